The molecule has 0 unspecified atom stereocenters. The Labute approximate surface area is 279 Å². The van der Waals surface area contributed by atoms with Crippen LogP contribution in [0.3, 0.4) is 0 Å². The summed E-state index contributed by atoms with van der Waals surface area (Å²) in [6, 6.07) is 55.1. The number of nitrogens with zero attached hydrogens (tertiary/aromatic N) is 2. The fraction of sp³-hybridized carbons (Fsp3) is 0. The van der Waals surface area contributed by atoms with Crippen LogP contribution in [0.4, 0.5) is 17.1 Å². The molecule has 0 aliphatic heterocycles. The number of hydrogen-bond acceptors (Lipinski definition) is 5. The first kappa shape index (κ1) is 27.0. The number of rotatable bonds is 5. The summed E-state index contributed by atoms with van der Waals surface area (Å²) in [5.41, 5.74) is 9.53. The summed E-state index contributed by atoms with van der Waals surface area (Å²) in [5.74, 6) is 0.601. The Bertz CT molecular complexity index is 2790. The summed E-state index contributed by atoms with van der Waals surface area (Å²) in [6.07, 6.45) is 0. The molecule has 0 saturated carbocycles. The molecule has 7 aromatic carbocycles. The van der Waals surface area contributed by atoms with Crippen LogP contribution in [0.5, 0.6) is 0 Å². The summed E-state index contributed by atoms with van der Waals surface area (Å²) in [5, 5.41) is 4.49. The van der Waals surface area contributed by atoms with Crippen molar-refractivity contribution in [1.82, 2.24) is 4.98 Å². The maximum absolute atomic E-state index is 6.55. The third kappa shape index (κ3) is 4.25. The van der Waals surface area contributed by atoms with Gasteiger partial charge in [0.15, 0.2) is 5.58 Å². The first-order chi connectivity index (χ1) is 23.8. The number of aromatic nitrogens is 1. The van der Waals surface area contributed by atoms with Gasteiger partial charge in [-0.1, -0.05) is 91.0 Å². The van der Waals surface area contributed by atoms with Crippen LogP contribution in [0.2, 0.25) is 0 Å². The van der Waals surface area contributed by atoms with E-state index in [1.54, 1.807) is 0 Å². The summed E-state index contributed by atoms with van der Waals surface area (Å²) in [6.45, 7) is 0. The predicted octanol–water partition coefficient (Wildman–Crippen LogP) is 12.9. The van der Waals surface area contributed by atoms with Gasteiger partial charge in [-0.05, 0) is 66.2 Å². The molecule has 0 aliphatic carbocycles. The Morgan fingerprint density at radius 1 is 0.500 bits per heavy atom. The number of fused-ring (bicyclic) bond motifs is 8. The molecule has 0 amide bonds. The zero-order valence-corrected chi connectivity index (χ0v) is 26.4. The number of furan rings is 1. The first-order valence-corrected chi connectivity index (χ1v) is 16.8. The first-order valence-electron chi connectivity index (χ1n) is 16.0. The van der Waals surface area contributed by atoms with Crippen molar-refractivity contribution in [3.63, 3.8) is 0 Å². The quantitative estimate of drug-likeness (QED) is 0.189. The lowest BCUT2D eigenvalue weighted by Crippen LogP contribution is -2.11. The third-order valence-corrected chi connectivity index (χ3v) is 10.2. The van der Waals surface area contributed by atoms with Crippen LogP contribution in [0, 0.1) is 0 Å². The molecule has 0 atom stereocenters. The lowest BCUT2D eigenvalue weighted by molar-refractivity contribution is 0.622. The second-order valence-corrected chi connectivity index (χ2v) is 13.0. The van der Waals surface area contributed by atoms with E-state index >= 15 is 0 Å². The van der Waals surface area contributed by atoms with Crippen molar-refractivity contribution in [2.24, 2.45) is 0 Å². The molecule has 0 bridgehead atoms. The minimum Gasteiger partial charge on any atom is -0.456 e. The van der Waals surface area contributed by atoms with Crippen molar-refractivity contribution in [3.8, 4) is 22.6 Å². The van der Waals surface area contributed by atoms with Gasteiger partial charge in [-0.3, -0.25) is 0 Å². The topological polar surface area (TPSA) is 42.4 Å². The van der Waals surface area contributed by atoms with Gasteiger partial charge in [0.2, 0.25) is 5.89 Å². The highest BCUT2D eigenvalue weighted by molar-refractivity contribution is 7.25. The van der Waals surface area contributed by atoms with Crippen LogP contribution in [0.1, 0.15) is 0 Å². The third-order valence-electron chi connectivity index (χ3n) is 9.10. The molecule has 0 radical (unpaired) electrons. The van der Waals surface area contributed by atoms with Crippen molar-refractivity contribution in [1.29, 1.82) is 0 Å². The molecule has 0 aliphatic rings. The van der Waals surface area contributed by atoms with Gasteiger partial charge in [0.1, 0.15) is 16.7 Å². The van der Waals surface area contributed by atoms with Gasteiger partial charge < -0.3 is 13.7 Å². The van der Waals surface area contributed by atoms with Crippen LogP contribution < -0.4 is 4.90 Å². The SMILES string of the molecule is c1ccc(-c2nc3ccc4oc5cc(N(c6ccc7c(c6)sc6ccccc67)c6ccccc6-c6ccccc6)ccc5c4c3o2)cc1. The molecule has 5 heteroatoms. The molecule has 48 heavy (non-hydrogen) atoms. The smallest absolute Gasteiger partial charge is 0.227 e. The maximum atomic E-state index is 6.55. The van der Waals surface area contributed by atoms with Gasteiger partial charge in [-0.25, -0.2) is 4.98 Å². The van der Waals surface area contributed by atoms with Crippen LogP contribution in [0.15, 0.2) is 167 Å². The van der Waals surface area contributed by atoms with E-state index in [-0.39, 0.29) is 0 Å². The number of hydrogen-bond donors (Lipinski definition) is 0. The minimum absolute atomic E-state index is 0.601. The van der Waals surface area contributed by atoms with E-state index in [9.17, 15) is 0 Å². The highest BCUT2D eigenvalue weighted by Crippen LogP contribution is 2.45. The average molecular weight is 635 g/mol. The number of para-hydroxylation sites is 1. The van der Waals surface area contributed by atoms with Gasteiger partial charge in [0.05, 0.1) is 11.1 Å². The number of oxazole rings is 1. The molecule has 10 aromatic rings. The van der Waals surface area contributed by atoms with Crippen molar-refractivity contribution in [2.75, 3.05) is 4.90 Å². The Morgan fingerprint density at radius 2 is 1.19 bits per heavy atom. The van der Waals surface area contributed by atoms with E-state index in [0.717, 1.165) is 66.8 Å². The van der Waals surface area contributed by atoms with Gasteiger partial charge in [0.25, 0.3) is 0 Å². The Hall–Kier alpha value is -6.17. The number of thiophene rings is 1. The van der Waals surface area contributed by atoms with Crippen LogP contribution >= 0.6 is 11.3 Å². The number of anilines is 3. The van der Waals surface area contributed by atoms with Gasteiger partial charge in [0, 0.05) is 54.1 Å². The van der Waals surface area contributed by atoms with Crippen molar-refractivity contribution < 1.29 is 8.83 Å². The lowest BCUT2D eigenvalue weighted by atomic mass is 10.0. The maximum Gasteiger partial charge on any atom is 0.227 e. The van der Waals surface area contributed by atoms with Gasteiger partial charge >= 0.3 is 0 Å². The van der Waals surface area contributed by atoms with E-state index in [4.69, 9.17) is 13.8 Å². The number of benzene rings is 7. The summed E-state index contributed by atoms with van der Waals surface area (Å²) in [4.78, 5) is 7.15. The monoisotopic (exact) mass is 634 g/mol. The summed E-state index contributed by atoms with van der Waals surface area (Å²) < 4.78 is 15.5. The van der Waals surface area contributed by atoms with Crippen molar-refractivity contribution in [2.45, 2.75) is 0 Å². The Kier molecular flexibility index (Phi) is 6.01. The highest BCUT2D eigenvalue weighted by Gasteiger charge is 2.21. The second-order valence-electron chi connectivity index (χ2n) is 12.0. The zero-order chi connectivity index (χ0) is 31.6. The molecule has 0 saturated heterocycles. The van der Waals surface area contributed by atoms with E-state index in [1.165, 1.54) is 20.2 Å². The predicted molar refractivity (Wildman–Crippen MR) is 200 cm³/mol. The van der Waals surface area contributed by atoms with Crippen LogP contribution in [0.25, 0.3) is 75.8 Å². The summed E-state index contributed by atoms with van der Waals surface area (Å²) in [7, 11) is 0. The molecule has 0 spiro atoms. The zero-order valence-electron chi connectivity index (χ0n) is 25.6. The minimum atomic E-state index is 0.601. The fourth-order valence-corrected chi connectivity index (χ4v) is 8.03. The molecular weight excluding hydrogens is 609 g/mol. The molecule has 10 rings (SSSR count). The fourth-order valence-electron chi connectivity index (χ4n) is 6.89. The van der Waals surface area contributed by atoms with E-state index < -0.39 is 0 Å². The molecule has 226 valence electrons. The van der Waals surface area contributed by atoms with E-state index in [2.05, 4.69) is 120 Å². The summed E-state index contributed by atoms with van der Waals surface area (Å²) >= 11 is 1.83. The molecule has 0 N–H and O–H groups in total. The normalized spacial score (nSPS) is 11.8. The molecule has 3 aromatic heterocycles. The highest BCUT2D eigenvalue weighted by atomic mass is 32.1. The molecule has 3 heterocycles. The van der Waals surface area contributed by atoms with E-state index in [0.29, 0.717) is 5.89 Å². The van der Waals surface area contributed by atoms with Crippen LogP contribution in [-0.2, 0) is 0 Å². The van der Waals surface area contributed by atoms with Crippen LogP contribution in [-0.4, -0.2) is 4.98 Å². The van der Waals surface area contributed by atoms with E-state index in [1.807, 2.05) is 53.8 Å². The second kappa shape index (κ2) is 10.7. The largest absolute Gasteiger partial charge is 0.456 e. The standard InChI is InChI=1S/C43H26N2O2S/c1-3-11-27(12-4-1)31-15-7-9-17-36(31)45(30-19-21-33-32-16-8-10-18-39(32)48-40(33)26-30)29-20-22-34-38(25-29)46-37-24-23-35-42(41(34)37)47-43(44-35)28-13-5-2-6-14-28/h1-26H. The Balaban J connectivity index is 1.19. The van der Waals surface area contributed by atoms with Gasteiger partial charge in [-0.2, -0.15) is 0 Å². The van der Waals surface area contributed by atoms with Crippen molar-refractivity contribution in [3.05, 3.63) is 158 Å². The molecular formula is C43H26N2O2S. The average Bonchev–Trinajstić information content (AvgIpc) is 3.85. The molecule has 0 fully saturated rings. The van der Waals surface area contributed by atoms with Gasteiger partial charge in [-0.15, -0.1) is 11.3 Å². The van der Waals surface area contributed by atoms with Crippen molar-refractivity contribution >= 4 is 81.6 Å². The molecule has 4 nitrogen and oxygen atoms in total. The Morgan fingerprint density at radius 3 is 2.04 bits per heavy atom. The lowest BCUT2D eigenvalue weighted by Gasteiger charge is -2.28.